The van der Waals surface area contributed by atoms with Gasteiger partial charge in [0.25, 0.3) is 5.91 Å². The van der Waals surface area contributed by atoms with Crippen molar-refractivity contribution in [3.05, 3.63) is 69.8 Å². The van der Waals surface area contributed by atoms with Gasteiger partial charge in [-0.25, -0.2) is 4.79 Å². The standard InChI is InChI=1S/C31H39NO4/c1-7-31(8-2,25-12-11-24(21(3)19-25)15-18-30(36)16-9-10-17-30)26-13-14-27(22(4)20-26)28(33)32(6)23(5)29(34)35/h11-14,19-20,23,36H,7-10,16-17H2,1-6H3,(H,34,35). The van der Waals surface area contributed by atoms with Gasteiger partial charge in [-0.3, -0.25) is 4.79 Å². The van der Waals surface area contributed by atoms with Crippen LogP contribution in [0.4, 0.5) is 0 Å². The summed E-state index contributed by atoms with van der Waals surface area (Å²) in [6.45, 7) is 9.84. The summed E-state index contributed by atoms with van der Waals surface area (Å²) in [4.78, 5) is 25.6. The average molecular weight is 490 g/mol. The van der Waals surface area contributed by atoms with Crippen LogP contribution in [-0.4, -0.2) is 45.7 Å². The number of nitrogens with zero attached hydrogens (tertiary/aromatic N) is 1. The Morgan fingerprint density at radius 2 is 1.58 bits per heavy atom. The topological polar surface area (TPSA) is 77.8 Å². The second-order valence-electron chi connectivity index (χ2n) is 10.3. The first-order valence-corrected chi connectivity index (χ1v) is 13.0. The molecule has 0 bridgehead atoms. The highest BCUT2D eigenvalue weighted by molar-refractivity contribution is 5.97. The molecule has 0 heterocycles. The molecule has 192 valence electrons. The van der Waals surface area contributed by atoms with E-state index >= 15 is 0 Å². The van der Waals surface area contributed by atoms with Gasteiger partial charge in [-0.2, -0.15) is 0 Å². The zero-order chi connectivity index (χ0) is 26.7. The molecule has 0 aromatic heterocycles. The van der Waals surface area contributed by atoms with Crippen molar-refractivity contribution in [2.75, 3.05) is 7.05 Å². The van der Waals surface area contributed by atoms with Crippen LogP contribution in [0, 0.1) is 25.7 Å². The van der Waals surface area contributed by atoms with E-state index in [-0.39, 0.29) is 11.3 Å². The predicted octanol–water partition coefficient (Wildman–Crippen LogP) is 5.61. The molecule has 1 fully saturated rings. The van der Waals surface area contributed by atoms with Crippen molar-refractivity contribution < 1.29 is 19.8 Å². The molecule has 0 spiro atoms. The quantitative estimate of drug-likeness (QED) is 0.496. The highest BCUT2D eigenvalue weighted by atomic mass is 16.4. The molecule has 3 rings (SSSR count). The van der Waals surface area contributed by atoms with Crippen LogP contribution in [0.3, 0.4) is 0 Å². The number of benzene rings is 2. The Balaban J connectivity index is 1.96. The maximum Gasteiger partial charge on any atom is 0.326 e. The first-order valence-electron chi connectivity index (χ1n) is 13.0. The number of aryl methyl sites for hydroxylation is 2. The zero-order valence-corrected chi connectivity index (χ0v) is 22.4. The number of hydrogen-bond donors (Lipinski definition) is 2. The van der Waals surface area contributed by atoms with Crippen LogP contribution in [-0.2, 0) is 10.2 Å². The molecule has 1 unspecified atom stereocenters. The number of aliphatic hydroxyl groups is 1. The summed E-state index contributed by atoms with van der Waals surface area (Å²) in [5, 5.41) is 19.9. The number of carboxylic acids is 1. The lowest BCUT2D eigenvalue weighted by Crippen LogP contribution is -2.40. The summed E-state index contributed by atoms with van der Waals surface area (Å²) in [5.74, 6) is 5.01. The van der Waals surface area contributed by atoms with Crippen molar-refractivity contribution in [2.45, 2.75) is 90.2 Å². The molecule has 5 heteroatoms. The van der Waals surface area contributed by atoms with Gasteiger partial charge < -0.3 is 15.1 Å². The predicted molar refractivity (Wildman–Crippen MR) is 143 cm³/mol. The van der Waals surface area contributed by atoms with Crippen LogP contribution < -0.4 is 0 Å². The Hall–Kier alpha value is -3.10. The average Bonchev–Trinajstić information content (AvgIpc) is 3.29. The number of rotatable bonds is 7. The summed E-state index contributed by atoms with van der Waals surface area (Å²) >= 11 is 0. The lowest BCUT2D eigenvalue weighted by molar-refractivity contribution is -0.141. The van der Waals surface area contributed by atoms with Gasteiger partial charge in [-0.15, -0.1) is 0 Å². The summed E-state index contributed by atoms with van der Waals surface area (Å²) in [6.07, 6.45) is 5.31. The van der Waals surface area contributed by atoms with Gasteiger partial charge in [0.2, 0.25) is 0 Å². The van der Waals surface area contributed by atoms with E-state index in [1.807, 2.05) is 19.1 Å². The minimum absolute atomic E-state index is 0.229. The molecule has 1 aliphatic carbocycles. The molecule has 1 saturated carbocycles. The molecule has 0 saturated heterocycles. The second-order valence-corrected chi connectivity index (χ2v) is 10.3. The highest BCUT2D eigenvalue weighted by Gasteiger charge is 2.33. The van der Waals surface area contributed by atoms with E-state index in [0.717, 1.165) is 60.8 Å². The number of carbonyl (C=O) groups is 2. The highest BCUT2D eigenvalue weighted by Crippen LogP contribution is 2.40. The van der Waals surface area contributed by atoms with Crippen LogP contribution in [0.25, 0.3) is 0 Å². The third-order valence-electron chi connectivity index (χ3n) is 8.11. The van der Waals surface area contributed by atoms with E-state index < -0.39 is 17.6 Å². The number of hydrogen-bond acceptors (Lipinski definition) is 3. The van der Waals surface area contributed by atoms with Crippen LogP contribution in [0.5, 0.6) is 0 Å². The summed E-state index contributed by atoms with van der Waals surface area (Å²) < 4.78 is 0. The molecule has 36 heavy (non-hydrogen) atoms. The maximum atomic E-state index is 13.0. The van der Waals surface area contributed by atoms with Gasteiger partial charge in [0.1, 0.15) is 11.6 Å². The Labute approximate surface area is 215 Å². The third kappa shape index (κ3) is 5.34. The number of carboxylic acid groups (broad SMARTS) is 1. The van der Waals surface area contributed by atoms with Gasteiger partial charge in [-0.1, -0.05) is 50.0 Å². The van der Waals surface area contributed by atoms with Crippen LogP contribution in [0.1, 0.15) is 97.5 Å². The van der Waals surface area contributed by atoms with Crippen molar-refractivity contribution in [3.8, 4) is 11.8 Å². The normalized spacial score (nSPS) is 15.6. The van der Waals surface area contributed by atoms with E-state index in [2.05, 4.69) is 56.9 Å². The first-order chi connectivity index (χ1) is 17.0. The second kappa shape index (κ2) is 10.9. The van der Waals surface area contributed by atoms with Gasteiger partial charge in [0, 0.05) is 23.6 Å². The van der Waals surface area contributed by atoms with Crippen LogP contribution in [0.2, 0.25) is 0 Å². The Kier molecular flexibility index (Phi) is 8.31. The van der Waals surface area contributed by atoms with E-state index in [0.29, 0.717) is 5.56 Å². The minimum atomic E-state index is -1.03. The van der Waals surface area contributed by atoms with E-state index in [1.54, 1.807) is 0 Å². The Morgan fingerprint density at radius 1 is 1.03 bits per heavy atom. The fourth-order valence-corrected chi connectivity index (χ4v) is 5.34. The van der Waals surface area contributed by atoms with Gasteiger partial charge in [0.05, 0.1) is 0 Å². The van der Waals surface area contributed by atoms with Gasteiger partial charge in [0.15, 0.2) is 0 Å². The Morgan fingerprint density at radius 3 is 2.08 bits per heavy atom. The van der Waals surface area contributed by atoms with E-state index in [9.17, 15) is 19.8 Å². The molecular weight excluding hydrogens is 450 g/mol. The maximum absolute atomic E-state index is 13.0. The van der Waals surface area contributed by atoms with E-state index in [1.165, 1.54) is 24.4 Å². The lowest BCUT2D eigenvalue weighted by atomic mass is 9.69. The third-order valence-corrected chi connectivity index (χ3v) is 8.11. The molecule has 1 amide bonds. The monoisotopic (exact) mass is 489 g/mol. The number of aliphatic carboxylic acids is 1. The van der Waals surface area contributed by atoms with Crippen molar-refractivity contribution in [3.63, 3.8) is 0 Å². The van der Waals surface area contributed by atoms with Crippen molar-refractivity contribution >= 4 is 11.9 Å². The van der Waals surface area contributed by atoms with Crippen molar-refractivity contribution in [2.24, 2.45) is 0 Å². The van der Waals surface area contributed by atoms with Crippen molar-refractivity contribution in [1.82, 2.24) is 4.90 Å². The van der Waals surface area contributed by atoms with E-state index in [4.69, 9.17) is 0 Å². The first kappa shape index (κ1) is 27.5. The Bertz CT molecular complexity index is 1190. The van der Waals surface area contributed by atoms with Crippen LogP contribution >= 0.6 is 0 Å². The molecule has 2 N–H and O–H groups in total. The largest absolute Gasteiger partial charge is 0.480 e. The molecule has 0 radical (unpaired) electrons. The zero-order valence-electron chi connectivity index (χ0n) is 22.4. The summed E-state index contributed by atoms with van der Waals surface area (Å²) in [7, 11) is 1.52. The SMILES string of the molecule is CCC(CC)(c1ccc(C#CC2(O)CCCC2)c(C)c1)c1ccc(C(=O)N(C)C(C)C(=O)O)c(C)c1. The number of carbonyl (C=O) groups excluding carboxylic acids is 1. The number of likely N-dealkylation sites (N-methyl/N-ethyl adjacent to an activating group) is 1. The lowest BCUT2D eigenvalue weighted by Gasteiger charge is -2.34. The minimum Gasteiger partial charge on any atom is -0.480 e. The van der Waals surface area contributed by atoms with Gasteiger partial charge in [-0.05, 0) is 93.7 Å². The molecule has 5 nitrogen and oxygen atoms in total. The molecule has 2 aromatic rings. The van der Waals surface area contributed by atoms with Gasteiger partial charge >= 0.3 is 5.97 Å². The fourth-order valence-electron chi connectivity index (χ4n) is 5.34. The smallest absolute Gasteiger partial charge is 0.326 e. The fraction of sp³-hybridized carbons (Fsp3) is 0.484. The van der Waals surface area contributed by atoms with Crippen LogP contribution in [0.15, 0.2) is 36.4 Å². The molecule has 1 aliphatic rings. The summed E-state index contributed by atoms with van der Waals surface area (Å²) in [6, 6.07) is 11.4. The molecule has 1 atom stereocenters. The number of amides is 1. The molecule has 0 aliphatic heterocycles. The molecular formula is C31H39NO4. The summed E-state index contributed by atoms with van der Waals surface area (Å²) in [5.41, 5.74) is 4.62. The van der Waals surface area contributed by atoms with Crippen molar-refractivity contribution in [1.29, 1.82) is 0 Å². The molecule has 2 aromatic carbocycles.